The average Bonchev–Trinajstić information content (AvgIpc) is 2.82. The lowest BCUT2D eigenvalue weighted by molar-refractivity contribution is 0.357. The first kappa shape index (κ1) is 11.0. The fraction of sp³-hybridized carbons (Fsp3) is 1.00. The maximum absolute atomic E-state index is 11.2. The molecule has 0 amide bonds. The Morgan fingerprint density at radius 2 is 1.92 bits per heavy atom. The first-order valence-electron chi connectivity index (χ1n) is 4.89. The zero-order chi connectivity index (χ0) is 10.1. The van der Waals surface area contributed by atoms with Gasteiger partial charge < -0.3 is 0 Å². The predicted molar refractivity (Wildman–Crippen MR) is 54.0 cm³/mol. The van der Waals surface area contributed by atoms with Crippen LogP contribution in [0.1, 0.15) is 33.6 Å². The van der Waals surface area contributed by atoms with Crippen LogP contribution in [0.2, 0.25) is 0 Å². The maximum Gasteiger partial charge on any atom is 0.211 e. The molecule has 13 heavy (non-hydrogen) atoms. The molecule has 0 spiro atoms. The van der Waals surface area contributed by atoms with Gasteiger partial charge in [0.2, 0.25) is 10.0 Å². The van der Waals surface area contributed by atoms with Crippen molar-refractivity contribution < 1.29 is 8.42 Å². The van der Waals surface area contributed by atoms with E-state index in [4.69, 9.17) is 0 Å². The molecule has 0 unspecified atom stereocenters. The van der Waals surface area contributed by atoms with Crippen LogP contribution in [0.5, 0.6) is 0 Å². The van der Waals surface area contributed by atoms with E-state index in [-0.39, 0.29) is 11.2 Å². The van der Waals surface area contributed by atoms with Gasteiger partial charge in [-0.1, -0.05) is 13.8 Å². The molecule has 0 bridgehead atoms. The summed E-state index contributed by atoms with van der Waals surface area (Å²) in [5, 5.41) is 0. The van der Waals surface area contributed by atoms with Crippen molar-refractivity contribution in [2.45, 2.75) is 33.6 Å². The Morgan fingerprint density at radius 3 is 2.23 bits per heavy atom. The van der Waals surface area contributed by atoms with Gasteiger partial charge in [-0.3, -0.25) is 0 Å². The minimum absolute atomic E-state index is 0.182. The molecule has 0 aliphatic heterocycles. The number of hydrogen-bond acceptors (Lipinski definition) is 2. The molecule has 1 saturated carbocycles. The SMILES string of the molecule is CCS(=O)(=O)NCC1(C(C)C)CC1. The lowest BCUT2D eigenvalue weighted by Gasteiger charge is -2.19. The summed E-state index contributed by atoms with van der Waals surface area (Å²) in [5.74, 6) is 0.758. The zero-order valence-corrected chi connectivity index (χ0v) is 9.45. The van der Waals surface area contributed by atoms with E-state index >= 15 is 0 Å². The van der Waals surface area contributed by atoms with Crippen LogP contribution < -0.4 is 4.72 Å². The van der Waals surface area contributed by atoms with E-state index in [1.54, 1.807) is 6.92 Å². The van der Waals surface area contributed by atoms with Gasteiger partial charge in [0.05, 0.1) is 5.75 Å². The molecule has 0 radical (unpaired) electrons. The molecule has 0 aromatic rings. The molecule has 1 aliphatic rings. The van der Waals surface area contributed by atoms with Crippen LogP contribution in [0.15, 0.2) is 0 Å². The molecule has 3 nitrogen and oxygen atoms in total. The molecule has 1 fully saturated rings. The lowest BCUT2D eigenvalue weighted by atomic mass is 9.93. The summed E-state index contributed by atoms with van der Waals surface area (Å²) >= 11 is 0. The summed E-state index contributed by atoms with van der Waals surface area (Å²) in [5.41, 5.74) is 0.266. The molecule has 0 atom stereocenters. The van der Waals surface area contributed by atoms with Gasteiger partial charge in [0.25, 0.3) is 0 Å². The van der Waals surface area contributed by atoms with Crippen LogP contribution in [-0.4, -0.2) is 20.7 Å². The maximum atomic E-state index is 11.2. The van der Waals surface area contributed by atoms with Gasteiger partial charge >= 0.3 is 0 Å². The smallest absolute Gasteiger partial charge is 0.211 e. The monoisotopic (exact) mass is 205 g/mol. The number of sulfonamides is 1. The van der Waals surface area contributed by atoms with Crippen LogP contribution in [0.4, 0.5) is 0 Å². The van der Waals surface area contributed by atoms with Gasteiger partial charge in [-0.25, -0.2) is 13.1 Å². The molecule has 0 aromatic heterocycles. The highest BCUT2D eigenvalue weighted by atomic mass is 32.2. The van der Waals surface area contributed by atoms with Crippen LogP contribution in [0, 0.1) is 11.3 Å². The van der Waals surface area contributed by atoms with Crippen molar-refractivity contribution in [1.82, 2.24) is 4.72 Å². The van der Waals surface area contributed by atoms with Crippen molar-refractivity contribution in [3.8, 4) is 0 Å². The largest absolute Gasteiger partial charge is 0.215 e. The highest BCUT2D eigenvalue weighted by molar-refractivity contribution is 7.89. The first-order chi connectivity index (χ1) is 5.92. The van der Waals surface area contributed by atoms with Gasteiger partial charge in [0.15, 0.2) is 0 Å². The molecule has 0 heterocycles. The summed E-state index contributed by atoms with van der Waals surface area (Å²) in [6.07, 6.45) is 2.33. The van der Waals surface area contributed by atoms with Crippen molar-refractivity contribution in [2.24, 2.45) is 11.3 Å². The second-order valence-corrected chi connectivity index (χ2v) is 6.34. The quantitative estimate of drug-likeness (QED) is 0.736. The fourth-order valence-electron chi connectivity index (χ4n) is 1.47. The van der Waals surface area contributed by atoms with E-state index in [2.05, 4.69) is 18.6 Å². The fourth-order valence-corrected chi connectivity index (χ4v) is 2.19. The normalized spacial score (nSPS) is 20.6. The second-order valence-electron chi connectivity index (χ2n) is 4.24. The number of nitrogens with one attached hydrogen (secondary N) is 1. The summed E-state index contributed by atoms with van der Waals surface area (Å²) < 4.78 is 25.0. The van der Waals surface area contributed by atoms with Crippen LogP contribution in [0.3, 0.4) is 0 Å². The molecule has 78 valence electrons. The van der Waals surface area contributed by atoms with Crippen molar-refractivity contribution >= 4 is 10.0 Å². The number of hydrogen-bond donors (Lipinski definition) is 1. The number of rotatable bonds is 5. The van der Waals surface area contributed by atoms with E-state index < -0.39 is 10.0 Å². The average molecular weight is 205 g/mol. The van der Waals surface area contributed by atoms with Gasteiger partial charge in [0.1, 0.15) is 0 Å². The van der Waals surface area contributed by atoms with Crippen LogP contribution >= 0.6 is 0 Å². The molecule has 1 aliphatic carbocycles. The topological polar surface area (TPSA) is 46.2 Å². The van der Waals surface area contributed by atoms with Crippen molar-refractivity contribution in [3.05, 3.63) is 0 Å². The summed E-state index contributed by atoms with van der Waals surface area (Å²) in [4.78, 5) is 0. The Balaban J connectivity index is 2.44. The molecule has 0 aromatic carbocycles. The van der Waals surface area contributed by atoms with Crippen molar-refractivity contribution in [3.63, 3.8) is 0 Å². The third kappa shape index (κ3) is 2.68. The van der Waals surface area contributed by atoms with E-state index in [0.29, 0.717) is 12.5 Å². The van der Waals surface area contributed by atoms with Crippen molar-refractivity contribution in [2.75, 3.05) is 12.3 Å². The minimum Gasteiger partial charge on any atom is -0.215 e. The van der Waals surface area contributed by atoms with E-state index in [1.165, 1.54) is 0 Å². The Labute approximate surface area is 81.0 Å². The van der Waals surface area contributed by atoms with E-state index in [0.717, 1.165) is 12.8 Å². The van der Waals surface area contributed by atoms with Gasteiger partial charge in [-0.2, -0.15) is 0 Å². The Morgan fingerprint density at radius 1 is 1.38 bits per heavy atom. The molecule has 1 rings (SSSR count). The van der Waals surface area contributed by atoms with Gasteiger partial charge in [-0.15, -0.1) is 0 Å². The lowest BCUT2D eigenvalue weighted by Crippen LogP contribution is -2.33. The second kappa shape index (κ2) is 3.58. The van der Waals surface area contributed by atoms with Gasteiger partial charge in [0, 0.05) is 6.54 Å². The molecular formula is C9H19NO2S. The highest BCUT2D eigenvalue weighted by Gasteiger charge is 2.45. The highest BCUT2D eigenvalue weighted by Crippen LogP contribution is 2.51. The molecular weight excluding hydrogens is 186 g/mol. The Hall–Kier alpha value is -0.0900. The third-order valence-electron chi connectivity index (χ3n) is 3.14. The van der Waals surface area contributed by atoms with Gasteiger partial charge in [-0.05, 0) is 31.1 Å². The van der Waals surface area contributed by atoms with Crippen LogP contribution in [-0.2, 0) is 10.0 Å². The third-order valence-corrected chi connectivity index (χ3v) is 4.49. The minimum atomic E-state index is -3.00. The molecule has 0 saturated heterocycles. The Kier molecular flexibility index (Phi) is 3.02. The Bertz CT molecular complexity index is 265. The summed E-state index contributed by atoms with van der Waals surface area (Å²) in [6, 6.07) is 0. The first-order valence-corrected chi connectivity index (χ1v) is 6.54. The summed E-state index contributed by atoms with van der Waals surface area (Å²) in [7, 11) is -3.00. The zero-order valence-electron chi connectivity index (χ0n) is 8.63. The molecule has 4 heteroatoms. The van der Waals surface area contributed by atoms with Crippen LogP contribution in [0.25, 0.3) is 0 Å². The van der Waals surface area contributed by atoms with Crippen molar-refractivity contribution in [1.29, 1.82) is 0 Å². The summed E-state index contributed by atoms with van der Waals surface area (Å²) in [6.45, 7) is 6.61. The van der Waals surface area contributed by atoms with E-state index in [9.17, 15) is 8.42 Å². The molecule has 1 N–H and O–H groups in total. The predicted octanol–water partition coefficient (Wildman–Crippen LogP) is 1.36. The van der Waals surface area contributed by atoms with E-state index in [1.807, 2.05) is 0 Å². The standard InChI is InChI=1S/C9H19NO2S/c1-4-13(11,12)10-7-9(5-6-9)8(2)3/h8,10H,4-7H2,1-3H3.